The van der Waals surface area contributed by atoms with E-state index in [2.05, 4.69) is 10.6 Å². The van der Waals surface area contributed by atoms with Gasteiger partial charge in [0.05, 0.1) is 5.56 Å². The molecule has 112 valence electrons. The maximum Gasteiger partial charge on any atom is 0.416 e. The van der Waals surface area contributed by atoms with Crippen molar-refractivity contribution in [2.75, 3.05) is 11.9 Å². The Labute approximate surface area is 116 Å². The first-order chi connectivity index (χ1) is 9.20. The van der Waals surface area contributed by atoms with E-state index in [1.54, 1.807) is 6.92 Å². The van der Waals surface area contributed by atoms with Crippen LogP contribution >= 0.6 is 0 Å². The fraction of sp³-hybridized carbons (Fsp3) is 0.500. The number of carbonyl (C=O) groups is 1. The first-order valence-electron chi connectivity index (χ1n) is 6.41. The molecule has 1 aromatic rings. The van der Waals surface area contributed by atoms with Crippen LogP contribution in [0, 0.1) is 5.92 Å². The maximum absolute atomic E-state index is 12.4. The minimum Gasteiger partial charge on any atom is -0.374 e. The van der Waals surface area contributed by atoms with Gasteiger partial charge in [-0.1, -0.05) is 13.8 Å². The summed E-state index contributed by atoms with van der Waals surface area (Å²) >= 11 is 0. The average molecular weight is 288 g/mol. The van der Waals surface area contributed by atoms with Crippen molar-refractivity contribution in [2.45, 2.75) is 33.0 Å². The van der Waals surface area contributed by atoms with E-state index >= 15 is 0 Å². The van der Waals surface area contributed by atoms with Crippen LogP contribution in [0.3, 0.4) is 0 Å². The monoisotopic (exact) mass is 288 g/mol. The molecule has 2 N–H and O–H groups in total. The van der Waals surface area contributed by atoms with Crippen molar-refractivity contribution in [3.05, 3.63) is 29.8 Å². The van der Waals surface area contributed by atoms with Crippen LogP contribution in [0.1, 0.15) is 26.3 Å². The topological polar surface area (TPSA) is 41.1 Å². The molecule has 0 saturated carbocycles. The molecule has 0 aliphatic carbocycles. The third-order valence-electron chi connectivity index (χ3n) is 2.67. The van der Waals surface area contributed by atoms with Gasteiger partial charge in [-0.3, -0.25) is 4.79 Å². The molecule has 1 amide bonds. The van der Waals surface area contributed by atoms with Gasteiger partial charge >= 0.3 is 6.18 Å². The van der Waals surface area contributed by atoms with Crippen LogP contribution in [-0.4, -0.2) is 18.5 Å². The van der Waals surface area contributed by atoms with Crippen molar-refractivity contribution in [1.29, 1.82) is 0 Å². The van der Waals surface area contributed by atoms with Crippen molar-refractivity contribution in [3.8, 4) is 0 Å². The van der Waals surface area contributed by atoms with Crippen molar-refractivity contribution >= 4 is 11.6 Å². The molecule has 1 aromatic carbocycles. The van der Waals surface area contributed by atoms with Crippen LogP contribution in [-0.2, 0) is 11.0 Å². The standard InChI is InChI=1S/C14H19F3N2O/c1-9(2)8-18-13(20)10(3)19-12-6-4-11(5-7-12)14(15,16)17/h4-7,9-10,19H,8H2,1-3H3,(H,18,20). The highest BCUT2D eigenvalue weighted by Gasteiger charge is 2.30. The van der Waals surface area contributed by atoms with Gasteiger partial charge in [-0.15, -0.1) is 0 Å². The predicted molar refractivity (Wildman–Crippen MR) is 72.4 cm³/mol. The zero-order valence-corrected chi connectivity index (χ0v) is 11.7. The molecule has 20 heavy (non-hydrogen) atoms. The van der Waals surface area contributed by atoms with Crippen molar-refractivity contribution in [1.82, 2.24) is 5.32 Å². The Kier molecular flexibility index (Phi) is 5.42. The third kappa shape index (κ3) is 5.11. The Morgan fingerprint density at radius 1 is 1.15 bits per heavy atom. The quantitative estimate of drug-likeness (QED) is 0.873. The fourth-order valence-corrected chi connectivity index (χ4v) is 1.53. The maximum atomic E-state index is 12.4. The molecule has 0 saturated heterocycles. The summed E-state index contributed by atoms with van der Waals surface area (Å²) in [6.07, 6.45) is -4.35. The van der Waals surface area contributed by atoms with E-state index in [1.165, 1.54) is 12.1 Å². The summed E-state index contributed by atoms with van der Waals surface area (Å²) in [5.74, 6) is 0.163. The first kappa shape index (κ1) is 16.3. The highest BCUT2D eigenvalue weighted by Crippen LogP contribution is 2.29. The van der Waals surface area contributed by atoms with Gasteiger partial charge < -0.3 is 10.6 Å². The number of anilines is 1. The van der Waals surface area contributed by atoms with Crippen LogP contribution < -0.4 is 10.6 Å². The lowest BCUT2D eigenvalue weighted by Gasteiger charge is -2.16. The number of amides is 1. The minimum absolute atomic E-state index is 0.182. The number of benzene rings is 1. The lowest BCUT2D eigenvalue weighted by Crippen LogP contribution is -2.39. The number of alkyl halides is 3. The Morgan fingerprint density at radius 3 is 2.15 bits per heavy atom. The summed E-state index contributed by atoms with van der Waals surface area (Å²) in [5.41, 5.74) is -0.231. The lowest BCUT2D eigenvalue weighted by atomic mass is 10.2. The SMILES string of the molecule is CC(C)CNC(=O)C(C)Nc1ccc(C(F)(F)F)cc1. The van der Waals surface area contributed by atoms with Gasteiger partial charge in [0.25, 0.3) is 0 Å². The van der Waals surface area contributed by atoms with Crippen LogP contribution in [0.5, 0.6) is 0 Å². The molecular weight excluding hydrogens is 269 g/mol. The zero-order chi connectivity index (χ0) is 15.3. The molecule has 0 aromatic heterocycles. The van der Waals surface area contributed by atoms with Gasteiger partial charge in [-0.05, 0) is 37.1 Å². The van der Waals surface area contributed by atoms with Crippen LogP contribution in [0.25, 0.3) is 0 Å². The van der Waals surface area contributed by atoms with Gasteiger partial charge in [-0.25, -0.2) is 0 Å². The highest BCUT2D eigenvalue weighted by atomic mass is 19.4. The second-order valence-corrected chi connectivity index (χ2v) is 5.08. The number of halogens is 3. The molecule has 1 rings (SSSR count). The second kappa shape index (κ2) is 6.63. The fourth-order valence-electron chi connectivity index (χ4n) is 1.53. The van der Waals surface area contributed by atoms with E-state index in [1.807, 2.05) is 13.8 Å². The number of carbonyl (C=O) groups excluding carboxylic acids is 1. The first-order valence-corrected chi connectivity index (χ1v) is 6.41. The highest BCUT2D eigenvalue weighted by molar-refractivity contribution is 5.84. The average Bonchev–Trinajstić information content (AvgIpc) is 2.35. The summed E-state index contributed by atoms with van der Waals surface area (Å²) in [5, 5.41) is 5.62. The smallest absolute Gasteiger partial charge is 0.374 e. The Bertz CT molecular complexity index is 441. The Balaban J connectivity index is 2.58. The van der Waals surface area contributed by atoms with E-state index in [-0.39, 0.29) is 5.91 Å². The molecule has 3 nitrogen and oxygen atoms in total. The summed E-state index contributed by atoms with van der Waals surface area (Å²) in [4.78, 5) is 11.7. The normalized spacial score (nSPS) is 13.2. The summed E-state index contributed by atoms with van der Waals surface area (Å²) in [7, 11) is 0. The number of hydrogen-bond acceptors (Lipinski definition) is 2. The van der Waals surface area contributed by atoms with E-state index < -0.39 is 17.8 Å². The molecule has 0 radical (unpaired) electrons. The molecule has 0 bridgehead atoms. The molecule has 0 aliphatic heterocycles. The minimum atomic E-state index is -4.35. The van der Waals surface area contributed by atoms with Gasteiger partial charge in [0.1, 0.15) is 6.04 Å². The number of nitrogens with one attached hydrogen (secondary N) is 2. The van der Waals surface area contributed by atoms with Gasteiger partial charge in [0.2, 0.25) is 5.91 Å². The predicted octanol–water partition coefficient (Wildman–Crippen LogP) is 3.28. The van der Waals surface area contributed by atoms with Gasteiger partial charge in [0, 0.05) is 12.2 Å². The lowest BCUT2D eigenvalue weighted by molar-refractivity contribution is -0.137. The molecule has 0 heterocycles. The van der Waals surface area contributed by atoms with Crippen molar-refractivity contribution in [2.24, 2.45) is 5.92 Å². The molecule has 1 unspecified atom stereocenters. The summed E-state index contributed by atoms with van der Waals surface area (Å²) < 4.78 is 37.2. The number of rotatable bonds is 5. The zero-order valence-electron chi connectivity index (χ0n) is 11.7. The van der Waals surface area contributed by atoms with Crippen LogP contribution in [0.2, 0.25) is 0 Å². The molecular formula is C14H19F3N2O. The van der Waals surface area contributed by atoms with Crippen molar-refractivity contribution < 1.29 is 18.0 Å². The molecule has 0 spiro atoms. The van der Waals surface area contributed by atoms with Crippen LogP contribution in [0.4, 0.5) is 18.9 Å². The molecule has 0 aliphatic rings. The molecule has 6 heteroatoms. The van der Waals surface area contributed by atoms with Gasteiger partial charge in [-0.2, -0.15) is 13.2 Å². The molecule has 1 atom stereocenters. The van der Waals surface area contributed by atoms with E-state index in [0.29, 0.717) is 18.2 Å². The van der Waals surface area contributed by atoms with Crippen molar-refractivity contribution in [3.63, 3.8) is 0 Å². The van der Waals surface area contributed by atoms with Gasteiger partial charge in [0.15, 0.2) is 0 Å². The number of hydrogen-bond donors (Lipinski definition) is 2. The Hall–Kier alpha value is -1.72. The van der Waals surface area contributed by atoms with Crippen LogP contribution in [0.15, 0.2) is 24.3 Å². The molecule has 0 fully saturated rings. The van der Waals surface area contributed by atoms with E-state index in [9.17, 15) is 18.0 Å². The summed E-state index contributed by atoms with van der Waals surface area (Å²) in [6, 6.07) is 4.09. The second-order valence-electron chi connectivity index (χ2n) is 5.08. The van der Waals surface area contributed by atoms with E-state index in [4.69, 9.17) is 0 Å². The van der Waals surface area contributed by atoms with E-state index in [0.717, 1.165) is 12.1 Å². The largest absolute Gasteiger partial charge is 0.416 e. The third-order valence-corrected chi connectivity index (χ3v) is 2.67. The summed E-state index contributed by atoms with van der Waals surface area (Å²) in [6.45, 7) is 6.19. The Morgan fingerprint density at radius 2 is 1.70 bits per heavy atom.